The Morgan fingerprint density at radius 1 is 1.25 bits per heavy atom. The zero-order chi connectivity index (χ0) is 11.2. The number of rotatable bonds is 4. The molecule has 86 valence electrons. The normalized spacial score (nSPS) is 16.2. The molecule has 0 aliphatic carbocycles. The maximum atomic E-state index is 4.39. The first-order valence-electron chi connectivity index (χ1n) is 5.69. The fourth-order valence-electron chi connectivity index (χ4n) is 1.78. The van der Waals surface area contributed by atoms with Crippen molar-refractivity contribution in [3.05, 3.63) is 24.0 Å². The van der Waals surface area contributed by atoms with Crippen LogP contribution in [0.5, 0.6) is 0 Å². The minimum Gasteiger partial charge on any atom is -0.341 e. The third-order valence-electron chi connectivity index (χ3n) is 2.63. The molecule has 1 aromatic rings. The zero-order valence-corrected chi connectivity index (χ0v) is 10.9. The van der Waals surface area contributed by atoms with E-state index < -0.39 is 0 Å². The van der Waals surface area contributed by atoms with Crippen molar-refractivity contribution < 1.29 is 0 Å². The number of hydrogen-bond acceptors (Lipinski definition) is 3. The highest BCUT2D eigenvalue weighted by Gasteiger charge is 2.13. The van der Waals surface area contributed by atoms with Crippen LogP contribution in [0.4, 0.5) is 5.95 Å². The largest absolute Gasteiger partial charge is 0.341 e. The molecule has 0 spiro atoms. The van der Waals surface area contributed by atoms with Crippen LogP contribution in [-0.2, 0) is 0 Å². The fourth-order valence-corrected chi connectivity index (χ4v) is 2.04. The fraction of sp³-hybridized carbons (Fsp3) is 0.500. The van der Waals surface area contributed by atoms with E-state index in [1.807, 2.05) is 12.4 Å². The molecule has 2 rings (SSSR count). The summed E-state index contributed by atoms with van der Waals surface area (Å²) < 4.78 is 0. The Balaban J connectivity index is 1.98. The van der Waals surface area contributed by atoms with Crippen molar-refractivity contribution in [1.82, 2.24) is 9.97 Å². The van der Waals surface area contributed by atoms with Gasteiger partial charge in [-0.25, -0.2) is 9.97 Å². The van der Waals surface area contributed by atoms with Crippen molar-refractivity contribution in [2.75, 3.05) is 23.3 Å². The van der Waals surface area contributed by atoms with Gasteiger partial charge >= 0.3 is 0 Å². The number of allylic oxidation sites excluding steroid dienone is 1. The van der Waals surface area contributed by atoms with Crippen LogP contribution in [0.2, 0.25) is 0 Å². The number of aromatic nitrogens is 2. The number of anilines is 1. The number of hydrogen-bond donors (Lipinski definition) is 0. The van der Waals surface area contributed by atoms with E-state index in [9.17, 15) is 0 Å². The van der Waals surface area contributed by atoms with E-state index in [1.165, 1.54) is 12.8 Å². The van der Waals surface area contributed by atoms with E-state index in [1.54, 1.807) is 0 Å². The van der Waals surface area contributed by atoms with Crippen molar-refractivity contribution >= 4 is 28.0 Å². The molecule has 0 atom stereocenters. The summed E-state index contributed by atoms with van der Waals surface area (Å²) in [5.74, 6) is 0.871. The summed E-state index contributed by atoms with van der Waals surface area (Å²) >= 11 is 3.39. The van der Waals surface area contributed by atoms with Gasteiger partial charge in [0.25, 0.3) is 0 Å². The summed E-state index contributed by atoms with van der Waals surface area (Å²) in [6.45, 7) is 2.19. The summed E-state index contributed by atoms with van der Waals surface area (Å²) in [6.07, 6.45) is 11.5. The van der Waals surface area contributed by atoms with Gasteiger partial charge < -0.3 is 4.90 Å². The Hall–Kier alpha value is -0.900. The molecule has 0 unspecified atom stereocenters. The van der Waals surface area contributed by atoms with E-state index in [2.05, 4.69) is 42.9 Å². The molecule has 4 heteroatoms. The topological polar surface area (TPSA) is 29.0 Å². The molecule has 1 aliphatic heterocycles. The standard InChI is InChI=1S/C12H16BrN3/c13-6-2-1-5-11-9-14-12(15-10-11)16-7-3-4-8-16/h1,5,9-10H,2-4,6-8H2. The Labute approximate surface area is 105 Å². The second kappa shape index (κ2) is 5.99. The third-order valence-corrected chi connectivity index (χ3v) is 3.09. The highest BCUT2D eigenvalue weighted by Crippen LogP contribution is 2.15. The molecular weight excluding hydrogens is 266 g/mol. The van der Waals surface area contributed by atoms with Crippen LogP contribution in [0, 0.1) is 0 Å². The van der Waals surface area contributed by atoms with Crippen molar-refractivity contribution in [3.8, 4) is 0 Å². The van der Waals surface area contributed by atoms with E-state index in [0.29, 0.717) is 0 Å². The molecule has 2 heterocycles. The SMILES string of the molecule is BrCCC=Cc1cnc(N2CCCC2)nc1. The summed E-state index contributed by atoms with van der Waals surface area (Å²) in [6, 6.07) is 0. The van der Waals surface area contributed by atoms with Gasteiger partial charge in [0.2, 0.25) is 5.95 Å². The molecule has 1 aliphatic rings. The molecule has 1 aromatic heterocycles. The molecule has 0 radical (unpaired) electrons. The van der Waals surface area contributed by atoms with Crippen molar-refractivity contribution in [2.24, 2.45) is 0 Å². The molecule has 0 N–H and O–H groups in total. The maximum absolute atomic E-state index is 4.39. The second-order valence-corrected chi connectivity index (χ2v) is 4.68. The van der Waals surface area contributed by atoms with E-state index >= 15 is 0 Å². The van der Waals surface area contributed by atoms with Gasteiger partial charge in [0, 0.05) is 36.4 Å². The lowest BCUT2D eigenvalue weighted by atomic mass is 10.3. The summed E-state index contributed by atoms with van der Waals surface area (Å²) in [5.41, 5.74) is 1.07. The molecular formula is C12H16BrN3. The van der Waals surface area contributed by atoms with Crippen molar-refractivity contribution in [1.29, 1.82) is 0 Å². The van der Waals surface area contributed by atoms with Gasteiger partial charge in [-0.15, -0.1) is 0 Å². The Bertz CT molecular complexity index is 342. The molecule has 0 aromatic carbocycles. The summed E-state index contributed by atoms with van der Waals surface area (Å²) in [7, 11) is 0. The first kappa shape index (κ1) is 11.6. The minimum atomic E-state index is 0.871. The predicted octanol–water partition coefficient (Wildman–Crippen LogP) is 2.88. The van der Waals surface area contributed by atoms with Gasteiger partial charge in [-0.2, -0.15) is 0 Å². The first-order valence-corrected chi connectivity index (χ1v) is 6.82. The molecule has 1 saturated heterocycles. The van der Waals surface area contributed by atoms with Gasteiger partial charge in [-0.3, -0.25) is 0 Å². The van der Waals surface area contributed by atoms with E-state index in [4.69, 9.17) is 0 Å². The molecule has 0 saturated carbocycles. The maximum Gasteiger partial charge on any atom is 0.225 e. The van der Waals surface area contributed by atoms with Gasteiger partial charge in [0.05, 0.1) is 0 Å². The average molecular weight is 282 g/mol. The lowest BCUT2D eigenvalue weighted by Gasteiger charge is -2.14. The third kappa shape index (κ3) is 3.04. The Kier molecular flexibility index (Phi) is 4.34. The van der Waals surface area contributed by atoms with Gasteiger partial charge in [0.1, 0.15) is 0 Å². The average Bonchev–Trinajstić information content (AvgIpc) is 2.84. The molecule has 16 heavy (non-hydrogen) atoms. The number of alkyl halides is 1. The van der Waals surface area contributed by atoms with Crippen molar-refractivity contribution in [2.45, 2.75) is 19.3 Å². The van der Waals surface area contributed by atoms with Crippen LogP contribution >= 0.6 is 15.9 Å². The van der Waals surface area contributed by atoms with E-state index in [0.717, 1.165) is 36.4 Å². The van der Waals surface area contributed by atoms with Gasteiger partial charge in [-0.1, -0.05) is 28.1 Å². The zero-order valence-electron chi connectivity index (χ0n) is 9.27. The molecule has 0 bridgehead atoms. The molecule has 1 fully saturated rings. The van der Waals surface area contributed by atoms with Crippen LogP contribution in [0.1, 0.15) is 24.8 Å². The van der Waals surface area contributed by atoms with Crippen LogP contribution in [-0.4, -0.2) is 28.4 Å². The lowest BCUT2D eigenvalue weighted by molar-refractivity contribution is 0.897. The smallest absolute Gasteiger partial charge is 0.225 e. The van der Waals surface area contributed by atoms with Crippen LogP contribution in [0.3, 0.4) is 0 Å². The van der Waals surface area contributed by atoms with Crippen molar-refractivity contribution in [3.63, 3.8) is 0 Å². The number of halogens is 1. The number of nitrogens with zero attached hydrogens (tertiary/aromatic N) is 3. The summed E-state index contributed by atoms with van der Waals surface area (Å²) in [5, 5.41) is 0.996. The Morgan fingerprint density at radius 2 is 1.94 bits per heavy atom. The van der Waals surface area contributed by atoms with Crippen LogP contribution in [0.15, 0.2) is 18.5 Å². The van der Waals surface area contributed by atoms with Crippen LogP contribution < -0.4 is 4.90 Å². The first-order chi connectivity index (χ1) is 7.90. The van der Waals surface area contributed by atoms with Crippen LogP contribution in [0.25, 0.3) is 6.08 Å². The quantitative estimate of drug-likeness (QED) is 0.795. The summed E-state index contributed by atoms with van der Waals surface area (Å²) in [4.78, 5) is 11.0. The highest BCUT2D eigenvalue weighted by atomic mass is 79.9. The van der Waals surface area contributed by atoms with Gasteiger partial charge in [-0.05, 0) is 19.3 Å². The highest BCUT2D eigenvalue weighted by molar-refractivity contribution is 9.09. The second-order valence-electron chi connectivity index (χ2n) is 3.89. The lowest BCUT2D eigenvalue weighted by Crippen LogP contribution is -2.20. The molecule has 0 amide bonds. The minimum absolute atomic E-state index is 0.871. The Morgan fingerprint density at radius 3 is 2.56 bits per heavy atom. The molecule has 3 nitrogen and oxygen atoms in total. The van der Waals surface area contributed by atoms with E-state index in [-0.39, 0.29) is 0 Å². The predicted molar refractivity (Wildman–Crippen MR) is 70.9 cm³/mol. The monoisotopic (exact) mass is 281 g/mol. The van der Waals surface area contributed by atoms with Gasteiger partial charge in [0.15, 0.2) is 0 Å².